The third-order valence-corrected chi connectivity index (χ3v) is 4.28. The van der Waals surface area contributed by atoms with E-state index in [1.54, 1.807) is 24.3 Å². The van der Waals surface area contributed by atoms with Crippen LogP contribution in [-0.2, 0) is 0 Å². The van der Waals surface area contributed by atoms with E-state index < -0.39 is 0 Å². The van der Waals surface area contributed by atoms with Crippen molar-refractivity contribution in [1.29, 1.82) is 5.26 Å². The maximum Gasteiger partial charge on any atom is 0.253 e. The number of carbonyl (C=O) groups excluding carboxylic acids is 1. The van der Waals surface area contributed by atoms with Gasteiger partial charge in [-0.3, -0.25) is 4.79 Å². The van der Waals surface area contributed by atoms with Crippen molar-refractivity contribution in [2.75, 3.05) is 33.3 Å². The zero-order valence-corrected chi connectivity index (χ0v) is 13.0. The lowest BCUT2D eigenvalue weighted by Gasteiger charge is -2.36. The molecule has 1 amide bonds. The van der Waals surface area contributed by atoms with E-state index in [4.69, 9.17) is 10.4 Å². The molecule has 0 spiro atoms. The Balaban J connectivity index is 1.91. The number of piperidine rings is 1. The Morgan fingerprint density at radius 3 is 2.82 bits per heavy atom. The smallest absolute Gasteiger partial charge is 0.253 e. The number of hydrogen-bond donors (Lipinski definition) is 1. The van der Waals surface area contributed by atoms with Gasteiger partial charge in [-0.1, -0.05) is 6.07 Å². The van der Waals surface area contributed by atoms with Gasteiger partial charge in [-0.2, -0.15) is 5.26 Å². The van der Waals surface area contributed by atoms with Crippen LogP contribution in [-0.4, -0.2) is 60.1 Å². The van der Waals surface area contributed by atoms with Crippen molar-refractivity contribution >= 4 is 5.91 Å². The average molecular weight is 301 g/mol. The van der Waals surface area contributed by atoms with Crippen molar-refractivity contribution < 1.29 is 9.90 Å². The molecule has 1 fully saturated rings. The minimum Gasteiger partial charge on any atom is -0.396 e. The molecule has 0 aromatic heterocycles. The number of aliphatic hydroxyl groups excluding tert-OH is 1. The predicted octanol–water partition coefficient (Wildman–Crippen LogP) is 1.48. The van der Waals surface area contributed by atoms with Gasteiger partial charge in [0.05, 0.1) is 11.6 Å². The average Bonchev–Trinajstić information content (AvgIpc) is 2.59. The molecule has 0 atom stereocenters. The van der Waals surface area contributed by atoms with E-state index in [1.165, 1.54) is 0 Å². The van der Waals surface area contributed by atoms with Gasteiger partial charge in [-0.25, -0.2) is 0 Å². The van der Waals surface area contributed by atoms with Gasteiger partial charge in [0, 0.05) is 37.8 Å². The maximum absolute atomic E-state index is 12.5. The summed E-state index contributed by atoms with van der Waals surface area (Å²) in [5.41, 5.74) is 1.11. The van der Waals surface area contributed by atoms with Crippen LogP contribution in [0.2, 0.25) is 0 Å². The van der Waals surface area contributed by atoms with Crippen molar-refractivity contribution in [2.24, 2.45) is 0 Å². The molecule has 0 unspecified atom stereocenters. The third-order valence-electron chi connectivity index (χ3n) is 4.28. The minimum absolute atomic E-state index is 0.00793. The summed E-state index contributed by atoms with van der Waals surface area (Å²) >= 11 is 0. The first kappa shape index (κ1) is 16.5. The van der Waals surface area contributed by atoms with Gasteiger partial charge in [-0.05, 0) is 44.5 Å². The third kappa shape index (κ3) is 4.06. The molecule has 2 rings (SSSR count). The maximum atomic E-state index is 12.5. The van der Waals surface area contributed by atoms with E-state index in [-0.39, 0.29) is 12.5 Å². The highest BCUT2D eigenvalue weighted by Gasteiger charge is 2.25. The largest absolute Gasteiger partial charge is 0.396 e. The van der Waals surface area contributed by atoms with Gasteiger partial charge in [0.15, 0.2) is 0 Å². The number of aliphatic hydroxyl groups is 1. The van der Waals surface area contributed by atoms with E-state index in [0.717, 1.165) is 38.9 Å². The molecule has 1 aromatic carbocycles. The van der Waals surface area contributed by atoms with Crippen LogP contribution in [0.15, 0.2) is 24.3 Å². The lowest BCUT2D eigenvalue weighted by molar-refractivity contribution is 0.0641. The number of likely N-dealkylation sites (tertiary alicyclic amines) is 1. The molecule has 0 saturated carbocycles. The van der Waals surface area contributed by atoms with Gasteiger partial charge >= 0.3 is 0 Å². The van der Waals surface area contributed by atoms with Crippen molar-refractivity contribution in [3.8, 4) is 6.07 Å². The number of nitriles is 1. The number of nitrogens with zero attached hydrogens (tertiary/aromatic N) is 3. The molecular weight excluding hydrogens is 278 g/mol. The quantitative estimate of drug-likeness (QED) is 0.894. The summed E-state index contributed by atoms with van der Waals surface area (Å²) in [6.45, 7) is 2.59. The standard InChI is InChI=1S/C17H23N3O2/c1-19(8-3-11-21)16-6-9-20(10-7-16)17(22)15-5-2-4-14(12-15)13-18/h2,4-5,12,16,21H,3,6-11H2,1H3. The first-order valence-corrected chi connectivity index (χ1v) is 7.76. The van der Waals surface area contributed by atoms with Crippen molar-refractivity contribution in [1.82, 2.24) is 9.80 Å². The molecule has 0 radical (unpaired) electrons. The first-order chi connectivity index (χ1) is 10.7. The van der Waals surface area contributed by atoms with E-state index in [2.05, 4.69) is 18.0 Å². The van der Waals surface area contributed by atoms with Gasteiger partial charge in [0.25, 0.3) is 5.91 Å². The minimum atomic E-state index is 0.00793. The van der Waals surface area contributed by atoms with Crippen LogP contribution in [0.4, 0.5) is 0 Å². The molecule has 22 heavy (non-hydrogen) atoms. The lowest BCUT2D eigenvalue weighted by atomic mass is 10.0. The molecule has 1 aliphatic rings. The van der Waals surface area contributed by atoms with Crippen LogP contribution >= 0.6 is 0 Å². The summed E-state index contributed by atoms with van der Waals surface area (Å²) < 4.78 is 0. The highest BCUT2D eigenvalue weighted by Crippen LogP contribution is 2.18. The van der Waals surface area contributed by atoms with E-state index in [9.17, 15) is 4.79 Å². The number of rotatable bonds is 5. The monoisotopic (exact) mass is 301 g/mol. The molecule has 1 saturated heterocycles. The normalized spacial score (nSPS) is 15.8. The van der Waals surface area contributed by atoms with Gasteiger partial charge in [-0.15, -0.1) is 0 Å². The molecule has 1 N–H and O–H groups in total. The Labute approximate surface area is 131 Å². The Hall–Kier alpha value is -1.90. The van der Waals surface area contributed by atoms with E-state index >= 15 is 0 Å². The van der Waals surface area contributed by atoms with Crippen molar-refractivity contribution in [3.05, 3.63) is 35.4 Å². The van der Waals surface area contributed by atoms with Crippen LogP contribution in [0.5, 0.6) is 0 Å². The summed E-state index contributed by atoms with van der Waals surface area (Å²) in [7, 11) is 2.08. The summed E-state index contributed by atoms with van der Waals surface area (Å²) in [4.78, 5) is 16.6. The van der Waals surface area contributed by atoms with Crippen LogP contribution in [0.25, 0.3) is 0 Å². The van der Waals surface area contributed by atoms with Crippen molar-refractivity contribution in [2.45, 2.75) is 25.3 Å². The molecular formula is C17H23N3O2. The molecule has 118 valence electrons. The highest BCUT2D eigenvalue weighted by molar-refractivity contribution is 5.94. The Morgan fingerprint density at radius 2 is 2.18 bits per heavy atom. The Bertz CT molecular complexity index is 545. The Kier molecular flexibility index (Phi) is 5.93. The van der Waals surface area contributed by atoms with Crippen LogP contribution in [0.1, 0.15) is 35.2 Å². The topological polar surface area (TPSA) is 67.6 Å². The zero-order chi connectivity index (χ0) is 15.9. The number of benzene rings is 1. The van der Waals surface area contributed by atoms with Gasteiger partial charge in [0.2, 0.25) is 0 Å². The fourth-order valence-corrected chi connectivity index (χ4v) is 2.92. The summed E-state index contributed by atoms with van der Waals surface area (Å²) in [6.07, 6.45) is 2.69. The van der Waals surface area contributed by atoms with Gasteiger partial charge in [0.1, 0.15) is 0 Å². The zero-order valence-electron chi connectivity index (χ0n) is 13.0. The first-order valence-electron chi connectivity index (χ1n) is 7.76. The molecule has 0 aliphatic carbocycles. The Morgan fingerprint density at radius 1 is 1.45 bits per heavy atom. The molecule has 5 nitrogen and oxygen atoms in total. The van der Waals surface area contributed by atoms with Crippen LogP contribution in [0.3, 0.4) is 0 Å². The second-order valence-corrected chi connectivity index (χ2v) is 5.77. The van der Waals surface area contributed by atoms with Crippen LogP contribution in [0, 0.1) is 11.3 Å². The van der Waals surface area contributed by atoms with E-state index in [0.29, 0.717) is 17.2 Å². The van der Waals surface area contributed by atoms with Crippen LogP contribution < -0.4 is 0 Å². The molecule has 1 heterocycles. The number of hydrogen-bond acceptors (Lipinski definition) is 4. The SMILES string of the molecule is CN(CCCO)C1CCN(C(=O)c2cccc(C#N)c2)CC1. The second kappa shape index (κ2) is 7.92. The molecule has 0 bridgehead atoms. The van der Waals surface area contributed by atoms with E-state index in [1.807, 2.05) is 4.90 Å². The van der Waals surface area contributed by atoms with Crippen molar-refractivity contribution in [3.63, 3.8) is 0 Å². The molecule has 1 aliphatic heterocycles. The predicted molar refractivity (Wildman–Crippen MR) is 84.4 cm³/mol. The fraction of sp³-hybridized carbons (Fsp3) is 0.529. The molecule has 1 aromatic rings. The summed E-state index contributed by atoms with van der Waals surface area (Å²) in [5, 5.41) is 17.8. The fourth-order valence-electron chi connectivity index (χ4n) is 2.92. The lowest BCUT2D eigenvalue weighted by Crippen LogP contribution is -2.45. The van der Waals surface area contributed by atoms with Gasteiger partial charge < -0.3 is 14.9 Å². The summed E-state index contributed by atoms with van der Waals surface area (Å²) in [6, 6.07) is 9.42. The number of amides is 1. The molecule has 5 heteroatoms. The number of carbonyl (C=O) groups is 1. The highest BCUT2D eigenvalue weighted by atomic mass is 16.3. The second-order valence-electron chi connectivity index (χ2n) is 5.77. The summed E-state index contributed by atoms with van der Waals surface area (Å²) in [5.74, 6) is 0.00793.